The number of rotatable bonds is 29. The Morgan fingerprint density at radius 2 is 1.35 bits per heavy atom. The van der Waals surface area contributed by atoms with Gasteiger partial charge in [0, 0.05) is 38.1 Å². The minimum absolute atomic E-state index is 0.0427. The highest BCUT2D eigenvalue weighted by Crippen LogP contribution is 2.43. The molecule has 2 aromatic rings. The molecule has 6 amide bonds. The Hall–Kier alpha value is -6.07. The summed E-state index contributed by atoms with van der Waals surface area (Å²) in [7, 11) is 2.67. The number of ether oxygens (including phenoxy) is 2. The molecule has 9 atom stereocenters. The monoisotopic (exact) mass is 1020 g/mol. The number of hydrogen-bond donors (Lipinski definition) is 11. The first-order valence-corrected chi connectivity index (χ1v) is 24.5. The quantitative estimate of drug-likeness (QED) is 0.0507. The van der Waals surface area contributed by atoms with Gasteiger partial charge in [0.2, 0.25) is 41.7 Å². The molecule has 4 unspecified atom stereocenters. The van der Waals surface area contributed by atoms with E-state index in [1.165, 1.54) is 96.9 Å². The van der Waals surface area contributed by atoms with Gasteiger partial charge in [0.1, 0.15) is 48.2 Å². The molecule has 3 rings (SSSR count). The van der Waals surface area contributed by atoms with E-state index in [0.717, 1.165) is 41.4 Å². The molecule has 1 saturated heterocycles. The maximum atomic E-state index is 13.1. The lowest BCUT2D eigenvalue weighted by Crippen LogP contribution is -2.58. The van der Waals surface area contributed by atoms with E-state index in [1.807, 2.05) is 0 Å². The summed E-state index contributed by atoms with van der Waals surface area (Å²) in [6, 6.07) is 2.87. The van der Waals surface area contributed by atoms with Crippen LogP contribution in [0.4, 0.5) is 0 Å². The molecule has 402 valence electrons. The number of benzene rings is 2. The number of nitrogens with one attached hydrogen (secondary N) is 4. The largest absolute Gasteiger partial charge is 0.507 e. The standard InChI is InChI=1S/C50H76N6O16/c1-28(2)17-14-12-10-8-9-11-13-15-20-40(61)56(7)36(27-57)48(68)53-29(3)46(66)51-25-41(62)55(6)26-39(60)52-30(4)47(67)54-35(49(69)70)24-32-21-22-37(58)34(23-32)33-18-16-19-38(59)45(33)72-50-44(65)43(64)42(63)31(5)71-50/h16,18-19,21-23,28-31,35-36,42-44,50,57-59,63-65H,8-15,17,20,24-27H2,1-7H3,(H,51,66)(H,52,60)(H,53,68)(H,54,67)(H,69,70)/t29?,30?,31-,35?,36?,42-,43+,44+,50-/m1/s1. The Morgan fingerprint density at radius 3 is 1.97 bits per heavy atom. The van der Waals surface area contributed by atoms with Gasteiger partial charge in [-0.05, 0) is 56.9 Å². The molecule has 0 saturated carbocycles. The van der Waals surface area contributed by atoms with Crippen LogP contribution < -0.4 is 26.0 Å². The van der Waals surface area contributed by atoms with Crippen molar-refractivity contribution in [2.45, 2.75) is 160 Å². The Bertz CT molecular complexity index is 2140. The molecule has 1 aliphatic heterocycles. The van der Waals surface area contributed by atoms with Crippen LogP contribution in [-0.2, 0) is 44.7 Å². The highest BCUT2D eigenvalue weighted by atomic mass is 16.7. The number of hydrogen-bond acceptors (Lipinski definition) is 15. The van der Waals surface area contributed by atoms with Crippen molar-refractivity contribution in [3.8, 4) is 28.4 Å². The molecule has 22 nitrogen and oxygen atoms in total. The fourth-order valence-corrected chi connectivity index (χ4v) is 7.85. The maximum Gasteiger partial charge on any atom is 0.326 e. The van der Waals surface area contributed by atoms with Gasteiger partial charge in [0.25, 0.3) is 0 Å². The van der Waals surface area contributed by atoms with Crippen LogP contribution in [0.5, 0.6) is 17.2 Å². The number of phenolic OH excluding ortho intramolecular Hbond substituents is 2. The predicted molar refractivity (Wildman–Crippen MR) is 262 cm³/mol. The number of carbonyl (C=O) groups excluding carboxylic acids is 6. The minimum Gasteiger partial charge on any atom is -0.507 e. The molecule has 2 aromatic carbocycles. The molecule has 0 bridgehead atoms. The van der Waals surface area contributed by atoms with E-state index in [0.29, 0.717) is 6.42 Å². The number of aliphatic hydroxyl groups is 4. The van der Waals surface area contributed by atoms with Crippen LogP contribution in [-0.4, -0.2) is 176 Å². The van der Waals surface area contributed by atoms with Gasteiger partial charge < -0.3 is 76.3 Å². The van der Waals surface area contributed by atoms with Crippen LogP contribution in [0, 0.1) is 5.92 Å². The Kier molecular flexibility index (Phi) is 24.6. The van der Waals surface area contributed by atoms with Crippen LogP contribution in [0.25, 0.3) is 11.1 Å². The maximum absolute atomic E-state index is 13.1. The Morgan fingerprint density at radius 1 is 0.722 bits per heavy atom. The first-order valence-electron chi connectivity index (χ1n) is 24.5. The van der Waals surface area contributed by atoms with Gasteiger partial charge in [-0.1, -0.05) is 83.4 Å². The third-order valence-corrected chi connectivity index (χ3v) is 12.4. The first-order chi connectivity index (χ1) is 34.0. The number of unbranched alkanes of at least 4 members (excludes halogenated alkanes) is 7. The van der Waals surface area contributed by atoms with Gasteiger partial charge in [0.15, 0.2) is 11.5 Å². The fraction of sp³-hybridized carbons (Fsp3) is 0.620. The summed E-state index contributed by atoms with van der Waals surface area (Å²) in [6.45, 7) is 6.70. The number of carboxylic acids is 1. The number of carboxylic acid groups (broad SMARTS) is 1. The number of aliphatic hydroxyl groups excluding tert-OH is 4. The molecule has 1 heterocycles. The van der Waals surface area contributed by atoms with E-state index >= 15 is 0 Å². The molecule has 1 aliphatic rings. The van der Waals surface area contributed by atoms with E-state index in [4.69, 9.17) is 9.47 Å². The normalized spacial score (nSPS) is 19.2. The second kappa shape index (κ2) is 29.4. The van der Waals surface area contributed by atoms with Gasteiger partial charge in [0.05, 0.1) is 25.8 Å². The lowest BCUT2D eigenvalue weighted by molar-refractivity contribution is -0.268. The number of likely N-dealkylation sites (N-methyl/N-ethyl adjacent to an activating group) is 2. The molecule has 0 aliphatic carbocycles. The third kappa shape index (κ3) is 18.5. The number of para-hydroxylation sites is 1. The lowest BCUT2D eigenvalue weighted by atomic mass is 9.97. The summed E-state index contributed by atoms with van der Waals surface area (Å²) < 4.78 is 11.3. The molecule has 11 N–H and O–H groups in total. The van der Waals surface area contributed by atoms with Crippen molar-refractivity contribution in [3.05, 3.63) is 42.0 Å². The summed E-state index contributed by atoms with van der Waals surface area (Å²) in [4.78, 5) is 91.9. The van der Waals surface area contributed by atoms with Crippen molar-refractivity contribution in [2.24, 2.45) is 5.92 Å². The zero-order chi connectivity index (χ0) is 53.8. The Balaban J connectivity index is 1.47. The number of phenols is 2. The fourth-order valence-electron chi connectivity index (χ4n) is 7.85. The van der Waals surface area contributed by atoms with Crippen LogP contribution in [0.3, 0.4) is 0 Å². The molecule has 1 fully saturated rings. The van der Waals surface area contributed by atoms with Crippen molar-refractivity contribution in [1.29, 1.82) is 0 Å². The number of aromatic hydroxyl groups is 2. The van der Waals surface area contributed by atoms with Crippen molar-refractivity contribution in [3.63, 3.8) is 0 Å². The number of carbonyl (C=O) groups is 7. The summed E-state index contributed by atoms with van der Waals surface area (Å²) >= 11 is 0. The molecule has 0 spiro atoms. The zero-order valence-corrected chi connectivity index (χ0v) is 42.3. The average molecular weight is 1020 g/mol. The van der Waals surface area contributed by atoms with E-state index in [-0.39, 0.29) is 46.9 Å². The van der Waals surface area contributed by atoms with Crippen LogP contribution >= 0.6 is 0 Å². The highest BCUT2D eigenvalue weighted by Gasteiger charge is 2.44. The number of aliphatic carboxylic acids is 1. The van der Waals surface area contributed by atoms with Crippen LogP contribution in [0.2, 0.25) is 0 Å². The SMILES string of the molecule is CC(C)CCCCCCCCCCC(=O)N(C)C(CO)C(=O)NC(C)C(=O)NCC(=O)N(C)CC(=O)NC(C)C(=O)NC(Cc1ccc(O)c(-c2cccc(O)c2O[C@H]2O[C@H](C)[C@@H](O)[C@H](O)[C@@H]2O)c1)C(=O)O. The second-order valence-electron chi connectivity index (χ2n) is 18.9. The van der Waals surface area contributed by atoms with Gasteiger partial charge in [-0.25, -0.2) is 4.79 Å². The molecule has 0 aromatic heterocycles. The van der Waals surface area contributed by atoms with Gasteiger partial charge in [-0.3, -0.25) is 28.8 Å². The molecule has 22 heteroatoms. The van der Waals surface area contributed by atoms with E-state index < -0.39 is 116 Å². The topological polar surface area (TPSA) is 334 Å². The van der Waals surface area contributed by atoms with Crippen molar-refractivity contribution in [1.82, 2.24) is 31.1 Å². The molecule has 0 radical (unpaired) electrons. The smallest absolute Gasteiger partial charge is 0.326 e. The molecular formula is C50H76N6O16. The lowest BCUT2D eigenvalue weighted by Gasteiger charge is -2.39. The van der Waals surface area contributed by atoms with Gasteiger partial charge >= 0.3 is 5.97 Å². The van der Waals surface area contributed by atoms with Crippen molar-refractivity contribution in [2.75, 3.05) is 33.8 Å². The minimum atomic E-state index is -1.73. The van der Waals surface area contributed by atoms with Crippen LogP contribution in [0.1, 0.15) is 104 Å². The van der Waals surface area contributed by atoms with Gasteiger partial charge in [-0.15, -0.1) is 0 Å². The third-order valence-electron chi connectivity index (χ3n) is 12.4. The van der Waals surface area contributed by atoms with Crippen molar-refractivity contribution >= 4 is 41.4 Å². The van der Waals surface area contributed by atoms with Gasteiger partial charge in [-0.2, -0.15) is 0 Å². The van der Waals surface area contributed by atoms with Crippen molar-refractivity contribution < 1.29 is 78.8 Å². The average Bonchev–Trinajstić information content (AvgIpc) is 3.32. The van der Waals surface area contributed by atoms with E-state index in [2.05, 4.69) is 35.1 Å². The highest BCUT2D eigenvalue weighted by molar-refractivity contribution is 5.94. The summed E-state index contributed by atoms with van der Waals surface area (Å²) in [5, 5.41) is 81.9. The summed E-state index contributed by atoms with van der Waals surface area (Å²) in [6.07, 6.45) is 2.25. The summed E-state index contributed by atoms with van der Waals surface area (Å²) in [5.74, 6) is -6.04. The number of nitrogens with zero attached hydrogens (tertiary/aromatic N) is 2. The van der Waals surface area contributed by atoms with E-state index in [9.17, 15) is 69.3 Å². The predicted octanol–water partition coefficient (Wildman–Crippen LogP) is 1.04. The Labute approximate surface area is 420 Å². The first kappa shape index (κ1) is 60.2. The van der Waals surface area contributed by atoms with E-state index in [1.54, 1.807) is 0 Å². The second-order valence-corrected chi connectivity index (χ2v) is 18.9. The molecule has 72 heavy (non-hydrogen) atoms. The summed E-state index contributed by atoms with van der Waals surface area (Å²) in [5.41, 5.74) is 0.399. The molecular weight excluding hydrogens is 941 g/mol. The number of amides is 6. The van der Waals surface area contributed by atoms with Crippen LogP contribution in [0.15, 0.2) is 36.4 Å². The zero-order valence-electron chi connectivity index (χ0n) is 42.3.